The Labute approximate surface area is 93.6 Å². The Hall–Kier alpha value is -0.100. The van der Waals surface area contributed by atoms with Gasteiger partial charge in [0.05, 0.1) is 23.8 Å². The van der Waals surface area contributed by atoms with Gasteiger partial charge in [-0.1, -0.05) is 0 Å². The second-order valence-electron chi connectivity index (χ2n) is 3.03. The van der Waals surface area contributed by atoms with Crippen molar-refractivity contribution in [2.75, 3.05) is 0 Å². The fourth-order valence-electron chi connectivity index (χ4n) is 1.46. The van der Waals surface area contributed by atoms with Crippen molar-refractivity contribution in [1.29, 1.82) is 0 Å². The van der Waals surface area contributed by atoms with Gasteiger partial charge in [-0.15, -0.1) is 0 Å². The Kier molecular flexibility index (Phi) is 2.59. The van der Waals surface area contributed by atoms with Gasteiger partial charge in [-0.05, 0) is 28.5 Å². The lowest BCUT2D eigenvalue weighted by atomic mass is 9.93. The van der Waals surface area contributed by atoms with Crippen molar-refractivity contribution in [3.05, 3.63) is 17.5 Å². The summed E-state index contributed by atoms with van der Waals surface area (Å²) in [6.07, 6.45) is 1.42. The maximum Gasteiger partial charge on any atom is 0.310 e. The Bertz CT molecular complexity index is 393. The van der Waals surface area contributed by atoms with E-state index in [4.69, 9.17) is 0 Å². The van der Waals surface area contributed by atoms with Crippen LogP contribution in [0.3, 0.4) is 0 Å². The number of carbonyl (C=O) groups is 1. The zero-order valence-corrected chi connectivity index (χ0v) is 10.1. The average Bonchev–Trinajstić information content (AvgIpc) is 2.55. The number of rotatable bonds is 1. The van der Waals surface area contributed by atoms with E-state index in [1.807, 2.05) is 0 Å². The number of Topliss-reactive ketones (excluding diaryl/α,β-unsaturated/α-hetero) is 1. The first-order valence-electron chi connectivity index (χ1n) is 3.92. The third kappa shape index (κ3) is 1.48. The van der Waals surface area contributed by atoms with E-state index < -0.39 is 18.1 Å². The summed E-state index contributed by atoms with van der Waals surface area (Å²) in [5.41, 5.74) is 0.735. The molecular formula is C7H6F2IN2OP. The van der Waals surface area contributed by atoms with E-state index in [1.165, 1.54) is 6.20 Å². The average molecular weight is 330 g/mol. The van der Waals surface area contributed by atoms with Crippen LogP contribution < -0.4 is 0 Å². The van der Waals surface area contributed by atoms with E-state index in [0.717, 1.165) is 0 Å². The number of alkyl halides is 2. The van der Waals surface area contributed by atoms with E-state index >= 15 is 0 Å². The third-order valence-corrected chi connectivity index (χ3v) is 4.12. The van der Waals surface area contributed by atoms with Gasteiger partial charge in [-0.3, -0.25) is 4.79 Å². The smallest absolute Gasteiger partial charge is 0.287 e. The molecule has 1 heterocycles. The Morgan fingerprint density at radius 3 is 3.00 bits per heavy atom. The van der Waals surface area contributed by atoms with Crippen molar-refractivity contribution >= 4 is 34.2 Å². The molecule has 0 radical (unpaired) electrons. The minimum atomic E-state index is -3.20. The van der Waals surface area contributed by atoms with Crippen LogP contribution in [0, 0.1) is 0 Å². The molecule has 76 valence electrons. The SMILES string of the molecule is O=C1c2cnn(PI)c2CCC1(F)F. The number of aromatic nitrogens is 2. The van der Waals surface area contributed by atoms with Gasteiger partial charge in [0.1, 0.15) is 0 Å². The Balaban J connectivity index is 2.48. The Morgan fingerprint density at radius 1 is 1.64 bits per heavy atom. The van der Waals surface area contributed by atoms with E-state index in [0.29, 0.717) is 12.1 Å². The molecule has 1 unspecified atom stereocenters. The fourth-order valence-corrected chi connectivity index (χ4v) is 3.15. The quantitative estimate of drug-likeness (QED) is 0.586. The molecular weight excluding hydrogens is 324 g/mol. The number of hydrogen-bond acceptors (Lipinski definition) is 2. The zero-order valence-electron chi connectivity index (χ0n) is 6.93. The minimum absolute atomic E-state index is 0.0883. The van der Waals surface area contributed by atoms with Crippen LogP contribution in [-0.4, -0.2) is 21.3 Å². The Morgan fingerprint density at radius 2 is 2.36 bits per heavy atom. The van der Waals surface area contributed by atoms with Gasteiger partial charge >= 0.3 is 5.92 Å². The van der Waals surface area contributed by atoms with Crippen LogP contribution in [0.5, 0.6) is 0 Å². The molecule has 0 N–H and O–H groups in total. The maximum absolute atomic E-state index is 13.0. The van der Waals surface area contributed by atoms with Crippen LogP contribution in [-0.2, 0) is 6.42 Å². The van der Waals surface area contributed by atoms with Gasteiger partial charge in [0, 0.05) is 6.42 Å². The van der Waals surface area contributed by atoms with Crippen LogP contribution in [0.2, 0.25) is 0 Å². The van der Waals surface area contributed by atoms with E-state index in [-0.39, 0.29) is 12.0 Å². The molecule has 14 heavy (non-hydrogen) atoms. The van der Waals surface area contributed by atoms with Crippen LogP contribution in [0.25, 0.3) is 0 Å². The third-order valence-electron chi connectivity index (χ3n) is 2.20. The summed E-state index contributed by atoms with van der Waals surface area (Å²) in [6.45, 7) is 0. The van der Waals surface area contributed by atoms with E-state index in [1.54, 1.807) is 4.45 Å². The number of ketones is 1. The maximum atomic E-state index is 13.0. The van der Waals surface area contributed by atoms with Crippen molar-refractivity contribution in [3.63, 3.8) is 0 Å². The molecule has 0 amide bonds. The minimum Gasteiger partial charge on any atom is -0.287 e. The van der Waals surface area contributed by atoms with Gasteiger partial charge in [0.15, 0.2) is 0 Å². The molecule has 3 nitrogen and oxygen atoms in total. The predicted octanol–water partition coefficient (Wildman–Crippen LogP) is 2.44. The second kappa shape index (κ2) is 3.48. The highest BCUT2D eigenvalue weighted by molar-refractivity contribution is 14.2. The van der Waals surface area contributed by atoms with Crippen molar-refractivity contribution in [3.8, 4) is 0 Å². The van der Waals surface area contributed by atoms with Crippen LogP contribution >= 0.6 is 28.4 Å². The van der Waals surface area contributed by atoms with Crippen LogP contribution in [0.15, 0.2) is 6.20 Å². The summed E-state index contributed by atoms with van der Waals surface area (Å²) >= 11 is 2.10. The van der Waals surface area contributed by atoms with Crippen LogP contribution in [0.1, 0.15) is 22.5 Å². The second-order valence-corrected chi connectivity index (χ2v) is 5.07. The summed E-state index contributed by atoms with van der Waals surface area (Å²) in [5, 5.41) is 3.90. The van der Waals surface area contributed by atoms with Crippen molar-refractivity contribution < 1.29 is 13.6 Å². The molecule has 1 aliphatic carbocycles. The first-order chi connectivity index (χ1) is 6.56. The number of nitrogens with zero attached hydrogens (tertiary/aromatic N) is 2. The molecule has 1 aromatic rings. The summed E-state index contributed by atoms with van der Waals surface area (Å²) in [5.74, 6) is -4.28. The van der Waals surface area contributed by atoms with Gasteiger partial charge in [0.2, 0.25) is 5.78 Å². The number of hydrogen-bond donors (Lipinski definition) is 0. The van der Waals surface area contributed by atoms with Crippen molar-refractivity contribution in [2.45, 2.75) is 18.8 Å². The fraction of sp³-hybridized carbons (Fsp3) is 0.429. The summed E-state index contributed by atoms with van der Waals surface area (Å²) in [4.78, 5) is 11.3. The van der Waals surface area contributed by atoms with Gasteiger partial charge in [-0.25, -0.2) is 4.45 Å². The standard InChI is InChI=1S/C7H6F2IN2OP/c8-7(9)2-1-5-4(6(7)13)3-11-12(5)14-10/h3,14H,1-2H2. The lowest BCUT2D eigenvalue weighted by Gasteiger charge is -2.20. The molecule has 0 bridgehead atoms. The molecule has 0 fully saturated rings. The molecule has 0 saturated carbocycles. The predicted molar refractivity (Wildman–Crippen MR) is 57.6 cm³/mol. The number of fused-ring (bicyclic) bond motifs is 1. The summed E-state index contributed by atoms with van der Waals surface area (Å²) < 4.78 is 27.6. The van der Waals surface area contributed by atoms with E-state index in [9.17, 15) is 13.6 Å². The van der Waals surface area contributed by atoms with Crippen molar-refractivity contribution in [1.82, 2.24) is 9.55 Å². The highest BCUT2D eigenvalue weighted by Crippen LogP contribution is 2.36. The lowest BCUT2D eigenvalue weighted by molar-refractivity contribution is 0.00182. The first-order valence-corrected chi connectivity index (χ1v) is 7.98. The monoisotopic (exact) mass is 330 g/mol. The largest absolute Gasteiger partial charge is 0.310 e. The topological polar surface area (TPSA) is 34.9 Å². The molecule has 2 rings (SSSR count). The number of carbonyl (C=O) groups excluding carboxylic acids is 1. The van der Waals surface area contributed by atoms with Gasteiger partial charge in [-0.2, -0.15) is 13.9 Å². The summed E-state index contributed by atoms with van der Waals surface area (Å²) in [7, 11) is 0. The molecule has 0 spiro atoms. The molecule has 0 aromatic carbocycles. The molecule has 1 atom stereocenters. The van der Waals surface area contributed by atoms with Gasteiger partial charge < -0.3 is 0 Å². The van der Waals surface area contributed by atoms with E-state index in [2.05, 4.69) is 27.1 Å². The molecule has 0 saturated heterocycles. The number of halogens is 3. The first kappa shape index (κ1) is 10.4. The lowest BCUT2D eigenvalue weighted by Crippen LogP contribution is -2.33. The van der Waals surface area contributed by atoms with Gasteiger partial charge in [0.25, 0.3) is 0 Å². The summed E-state index contributed by atoms with van der Waals surface area (Å²) in [6, 6.07) is 0. The highest BCUT2D eigenvalue weighted by atomic mass is 127. The molecule has 1 aromatic heterocycles. The molecule has 1 aliphatic rings. The normalized spacial score (nSPS) is 20.4. The van der Waals surface area contributed by atoms with Crippen LogP contribution in [0.4, 0.5) is 8.78 Å². The van der Waals surface area contributed by atoms with Crippen molar-refractivity contribution in [2.24, 2.45) is 0 Å². The molecule has 7 heteroatoms. The highest BCUT2D eigenvalue weighted by Gasteiger charge is 2.44. The zero-order chi connectivity index (χ0) is 10.3. The molecule has 0 aliphatic heterocycles.